The summed E-state index contributed by atoms with van der Waals surface area (Å²) in [5.41, 5.74) is 7.11. The molecule has 108 valence electrons. The third kappa shape index (κ3) is 2.90. The van der Waals surface area contributed by atoms with E-state index >= 15 is 0 Å². The zero-order valence-electron chi connectivity index (χ0n) is 12.1. The minimum Gasteiger partial charge on any atom is -0.491 e. The molecule has 0 bridgehead atoms. The van der Waals surface area contributed by atoms with Crippen LogP contribution in [0, 0.1) is 0 Å². The van der Waals surface area contributed by atoms with Crippen molar-refractivity contribution in [2.75, 3.05) is 6.61 Å². The largest absolute Gasteiger partial charge is 0.491 e. The van der Waals surface area contributed by atoms with Crippen LogP contribution in [0.5, 0.6) is 5.75 Å². The van der Waals surface area contributed by atoms with Gasteiger partial charge >= 0.3 is 0 Å². The van der Waals surface area contributed by atoms with Gasteiger partial charge in [0, 0.05) is 29.4 Å². The monoisotopic (exact) mass is 281 g/mol. The minimum absolute atomic E-state index is 0.0608. The zero-order valence-corrected chi connectivity index (χ0v) is 12.1. The molecule has 1 heterocycles. The van der Waals surface area contributed by atoms with Crippen LogP contribution >= 0.6 is 0 Å². The fourth-order valence-electron chi connectivity index (χ4n) is 2.45. The topological polar surface area (TPSA) is 53.1 Å². The summed E-state index contributed by atoms with van der Waals surface area (Å²) in [4.78, 5) is 0. The lowest BCUT2D eigenvalue weighted by atomic mass is 10.0. The molecule has 0 radical (unpaired) electrons. The molecule has 0 aliphatic rings. The fourth-order valence-corrected chi connectivity index (χ4v) is 2.45. The average Bonchev–Trinajstić information content (AvgIpc) is 3.00. The number of nitrogens with zero attached hydrogens (tertiary/aromatic N) is 2. The number of rotatable bonds is 5. The van der Waals surface area contributed by atoms with Crippen LogP contribution in [0.3, 0.4) is 0 Å². The summed E-state index contributed by atoms with van der Waals surface area (Å²) in [5, 5.41) is 6.45. The van der Waals surface area contributed by atoms with Gasteiger partial charge in [0.1, 0.15) is 12.4 Å². The molecule has 1 unspecified atom stereocenters. The molecule has 4 nitrogen and oxygen atoms in total. The van der Waals surface area contributed by atoms with E-state index in [1.165, 1.54) is 0 Å². The Kier molecular flexibility index (Phi) is 3.88. The van der Waals surface area contributed by atoms with E-state index in [1.54, 1.807) is 6.20 Å². The number of hydrogen-bond acceptors (Lipinski definition) is 3. The number of aromatic nitrogens is 2. The standard InChI is InChI=1S/C17H19N3O/c1-13(18)15-8-7-14-5-2-3-6-16(14)17(15)21-12-11-20-10-4-9-19-20/h2-10,13H,11-12,18H2,1H3. The van der Waals surface area contributed by atoms with Gasteiger partial charge in [-0.1, -0.05) is 36.4 Å². The number of ether oxygens (including phenoxy) is 1. The van der Waals surface area contributed by atoms with Gasteiger partial charge < -0.3 is 10.5 Å². The first-order valence-electron chi connectivity index (χ1n) is 7.13. The quantitative estimate of drug-likeness (QED) is 0.781. The molecule has 1 aromatic heterocycles. The highest BCUT2D eigenvalue weighted by atomic mass is 16.5. The summed E-state index contributed by atoms with van der Waals surface area (Å²) in [6.07, 6.45) is 3.70. The molecule has 0 saturated carbocycles. The van der Waals surface area contributed by atoms with E-state index in [0.29, 0.717) is 13.2 Å². The van der Waals surface area contributed by atoms with Crippen molar-refractivity contribution in [1.29, 1.82) is 0 Å². The first kappa shape index (κ1) is 13.6. The van der Waals surface area contributed by atoms with E-state index in [9.17, 15) is 0 Å². The molecule has 21 heavy (non-hydrogen) atoms. The molecule has 0 spiro atoms. The Bertz CT molecular complexity index is 720. The Morgan fingerprint density at radius 3 is 2.81 bits per heavy atom. The molecule has 3 aromatic rings. The van der Waals surface area contributed by atoms with Gasteiger partial charge in [-0.2, -0.15) is 5.10 Å². The van der Waals surface area contributed by atoms with Crippen LogP contribution in [-0.2, 0) is 6.54 Å². The smallest absolute Gasteiger partial charge is 0.131 e. The molecule has 0 aliphatic heterocycles. The van der Waals surface area contributed by atoms with Gasteiger partial charge in [0.05, 0.1) is 6.54 Å². The summed E-state index contributed by atoms with van der Waals surface area (Å²) in [6, 6.07) is 14.2. The normalized spacial score (nSPS) is 12.5. The lowest BCUT2D eigenvalue weighted by molar-refractivity contribution is 0.291. The molecule has 1 atom stereocenters. The molecule has 3 rings (SSSR count). The Morgan fingerprint density at radius 1 is 1.19 bits per heavy atom. The number of hydrogen-bond donors (Lipinski definition) is 1. The molecule has 0 saturated heterocycles. The Labute approximate surface area is 124 Å². The number of benzene rings is 2. The summed E-state index contributed by atoms with van der Waals surface area (Å²) in [6.45, 7) is 3.26. The third-order valence-electron chi connectivity index (χ3n) is 3.53. The second kappa shape index (κ2) is 5.97. The zero-order chi connectivity index (χ0) is 14.7. The maximum absolute atomic E-state index is 6.07. The highest BCUT2D eigenvalue weighted by Crippen LogP contribution is 2.32. The van der Waals surface area contributed by atoms with Crippen LogP contribution in [0.2, 0.25) is 0 Å². The van der Waals surface area contributed by atoms with Crippen LogP contribution in [0.1, 0.15) is 18.5 Å². The maximum atomic E-state index is 6.07. The van der Waals surface area contributed by atoms with Crippen molar-refractivity contribution in [2.24, 2.45) is 5.73 Å². The molecule has 4 heteroatoms. The fraction of sp³-hybridized carbons (Fsp3) is 0.235. The van der Waals surface area contributed by atoms with E-state index in [0.717, 1.165) is 22.1 Å². The van der Waals surface area contributed by atoms with Crippen molar-refractivity contribution in [3.8, 4) is 5.75 Å². The summed E-state index contributed by atoms with van der Waals surface area (Å²) < 4.78 is 7.90. The SMILES string of the molecule is CC(N)c1ccc2ccccc2c1OCCn1cccn1. The van der Waals surface area contributed by atoms with Crippen molar-refractivity contribution in [1.82, 2.24) is 9.78 Å². The van der Waals surface area contributed by atoms with E-state index in [-0.39, 0.29) is 6.04 Å². The second-order valence-corrected chi connectivity index (χ2v) is 5.11. The molecule has 0 amide bonds. The van der Waals surface area contributed by atoms with Gasteiger partial charge in [-0.05, 0) is 18.4 Å². The predicted molar refractivity (Wildman–Crippen MR) is 84.3 cm³/mol. The first-order chi connectivity index (χ1) is 10.3. The molecule has 2 N–H and O–H groups in total. The molecular weight excluding hydrogens is 262 g/mol. The van der Waals surface area contributed by atoms with E-state index in [4.69, 9.17) is 10.5 Å². The average molecular weight is 281 g/mol. The molecule has 0 aliphatic carbocycles. The maximum Gasteiger partial charge on any atom is 0.131 e. The summed E-state index contributed by atoms with van der Waals surface area (Å²) in [7, 11) is 0. The van der Waals surface area contributed by atoms with Crippen molar-refractivity contribution < 1.29 is 4.74 Å². The third-order valence-corrected chi connectivity index (χ3v) is 3.53. The highest BCUT2D eigenvalue weighted by molar-refractivity contribution is 5.89. The molecular formula is C17H19N3O. The van der Waals surface area contributed by atoms with E-state index in [1.807, 2.05) is 36.0 Å². The van der Waals surface area contributed by atoms with Gasteiger partial charge in [0.15, 0.2) is 0 Å². The van der Waals surface area contributed by atoms with Crippen LogP contribution in [0.25, 0.3) is 10.8 Å². The number of nitrogens with two attached hydrogens (primary N) is 1. The summed E-state index contributed by atoms with van der Waals surface area (Å²) >= 11 is 0. The van der Waals surface area contributed by atoms with Gasteiger partial charge in [-0.3, -0.25) is 4.68 Å². The van der Waals surface area contributed by atoms with Crippen molar-refractivity contribution >= 4 is 10.8 Å². The van der Waals surface area contributed by atoms with Crippen LogP contribution in [-0.4, -0.2) is 16.4 Å². The van der Waals surface area contributed by atoms with Crippen LogP contribution < -0.4 is 10.5 Å². The first-order valence-corrected chi connectivity index (χ1v) is 7.13. The van der Waals surface area contributed by atoms with Gasteiger partial charge in [0.25, 0.3) is 0 Å². The number of fused-ring (bicyclic) bond motifs is 1. The Balaban J connectivity index is 1.89. The highest BCUT2D eigenvalue weighted by Gasteiger charge is 2.12. The predicted octanol–water partition coefficient (Wildman–Crippen LogP) is 3.14. The minimum atomic E-state index is -0.0608. The Morgan fingerprint density at radius 2 is 2.05 bits per heavy atom. The Hall–Kier alpha value is -2.33. The van der Waals surface area contributed by atoms with Gasteiger partial charge in [0.2, 0.25) is 0 Å². The van der Waals surface area contributed by atoms with Crippen molar-refractivity contribution in [3.05, 3.63) is 60.4 Å². The summed E-state index contributed by atoms with van der Waals surface area (Å²) in [5.74, 6) is 0.884. The van der Waals surface area contributed by atoms with Gasteiger partial charge in [-0.15, -0.1) is 0 Å². The molecule has 2 aromatic carbocycles. The van der Waals surface area contributed by atoms with Crippen LogP contribution in [0.4, 0.5) is 0 Å². The lowest BCUT2D eigenvalue weighted by Crippen LogP contribution is -2.12. The lowest BCUT2D eigenvalue weighted by Gasteiger charge is -2.16. The van der Waals surface area contributed by atoms with Crippen LogP contribution in [0.15, 0.2) is 54.9 Å². The second-order valence-electron chi connectivity index (χ2n) is 5.11. The molecule has 0 fully saturated rings. The van der Waals surface area contributed by atoms with Gasteiger partial charge in [-0.25, -0.2) is 0 Å². The van der Waals surface area contributed by atoms with Crippen molar-refractivity contribution in [2.45, 2.75) is 19.5 Å². The van der Waals surface area contributed by atoms with Crippen molar-refractivity contribution in [3.63, 3.8) is 0 Å². The van der Waals surface area contributed by atoms with E-state index < -0.39 is 0 Å². The van der Waals surface area contributed by atoms with E-state index in [2.05, 4.69) is 29.4 Å².